The van der Waals surface area contributed by atoms with E-state index in [4.69, 9.17) is 37.7 Å². The maximum Gasteiger partial charge on any atom is 0.231 e. The Bertz CT molecular complexity index is 1880. The van der Waals surface area contributed by atoms with Crippen LogP contribution < -0.4 is 9.47 Å². The summed E-state index contributed by atoms with van der Waals surface area (Å²) in [6, 6.07) is 23.9. The van der Waals surface area contributed by atoms with E-state index in [1.807, 2.05) is 60.7 Å². The minimum atomic E-state index is 0.385. The van der Waals surface area contributed by atoms with Crippen LogP contribution in [0.4, 0.5) is 0 Å². The first kappa shape index (κ1) is 29.8. The molecule has 2 aromatic heterocycles. The smallest absolute Gasteiger partial charge is 0.231 e. The molecule has 0 amide bonds. The van der Waals surface area contributed by atoms with Gasteiger partial charge in [-0.2, -0.15) is 0 Å². The number of aromatic nitrogens is 2. The minimum absolute atomic E-state index is 0.385. The molecule has 0 radical (unpaired) electrons. The van der Waals surface area contributed by atoms with E-state index in [0.29, 0.717) is 75.8 Å². The van der Waals surface area contributed by atoms with Gasteiger partial charge in [0.15, 0.2) is 11.2 Å². The third-order valence-corrected chi connectivity index (χ3v) is 7.88. The van der Waals surface area contributed by atoms with Crippen molar-refractivity contribution in [1.29, 1.82) is 0 Å². The Kier molecular flexibility index (Phi) is 8.55. The van der Waals surface area contributed by atoms with Crippen LogP contribution in [0, 0.1) is 13.8 Å². The number of hydrogen-bond acceptors (Lipinski definition) is 8. The lowest BCUT2D eigenvalue weighted by Gasteiger charge is -2.11. The van der Waals surface area contributed by atoms with Crippen molar-refractivity contribution in [3.8, 4) is 34.4 Å². The number of rotatable bonds is 0. The van der Waals surface area contributed by atoms with Crippen LogP contribution in [-0.4, -0.2) is 49.6 Å². The van der Waals surface area contributed by atoms with Crippen LogP contribution in [0.25, 0.3) is 45.1 Å². The monoisotopic (exact) mass is 616 g/mol. The highest BCUT2D eigenvalue weighted by Gasteiger charge is 2.19. The molecule has 0 fully saturated rings. The van der Waals surface area contributed by atoms with Gasteiger partial charge in [-0.3, -0.25) is 0 Å². The van der Waals surface area contributed by atoms with Crippen LogP contribution >= 0.6 is 0 Å². The van der Waals surface area contributed by atoms with Gasteiger partial charge in [0.05, 0.1) is 37.6 Å². The molecule has 0 spiro atoms. The van der Waals surface area contributed by atoms with Gasteiger partial charge in [-0.15, -0.1) is 0 Å². The molecule has 46 heavy (non-hydrogen) atoms. The average molecular weight is 617 g/mol. The van der Waals surface area contributed by atoms with Crippen LogP contribution in [0.3, 0.4) is 0 Å². The first-order valence-electron chi connectivity index (χ1n) is 15.6. The van der Waals surface area contributed by atoms with Crippen LogP contribution in [-0.2, 0) is 22.3 Å². The summed E-state index contributed by atoms with van der Waals surface area (Å²) in [6.07, 6.45) is 1.24. The molecule has 6 aromatic rings. The number of fused-ring (bicyclic) bond motifs is 6. The molecule has 7 rings (SSSR count). The van der Waals surface area contributed by atoms with Crippen LogP contribution in [0.1, 0.15) is 22.3 Å². The SMILES string of the molecule is C=C1Cc2cc(C)cc3nc(oc23)-c2ccccc2OCCOCCOCCOc2ccccc2-c2nc3cc(C)cc(c3o2)C1. The second-order valence-electron chi connectivity index (χ2n) is 11.6. The number of oxazole rings is 2. The summed E-state index contributed by atoms with van der Waals surface area (Å²) in [5.74, 6) is 2.41. The summed E-state index contributed by atoms with van der Waals surface area (Å²) in [6.45, 7) is 11.1. The molecule has 0 aliphatic carbocycles. The highest BCUT2D eigenvalue weighted by molar-refractivity contribution is 5.83. The summed E-state index contributed by atoms with van der Waals surface area (Å²) in [4.78, 5) is 9.75. The average Bonchev–Trinajstić information content (AvgIpc) is 3.67. The Morgan fingerprint density at radius 2 is 1.00 bits per heavy atom. The number of aryl methyl sites for hydroxylation is 2. The van der Waals surface area contributed by atoms with Gasteiger partial charge in [0.1, 0.15) is 35.7 Å². The van der Waals surface area contributed by atoms with Gasteiger partial charge in [-0.1, -0.05) is 48.6 Å². The van der Waals surface area contributed by atoms with E-state index in [1.54, 1.807) is 0 Å². The molecule has 0 atom stereocenters. The Hall–Kier alpha value is -4.92. The molecular formula is C38H36N2O6. The van der Waals surface area contributed by atoms with Crippen molar-refractivity contribution >= 4 is 22.2 Å². The Balaban J connectivity index is 1.25. The van der Waals surface area contributed by atoms with E-state index in [0.717, 1.165) is 61.2 Å². The fourth-order valence-electron chi connectivity index (χ4n) is 5.89. The molecule has 0 saturated heterocycles. The molecule has 234 valence electrons. The zero-order valence-electron chi connectivity index (χ0n) is 26.1. The number of nitrogens with zero attached hydrogens (tertiary/aromatic N) is 2. The maximum atomic E-state index is 6.44. The fourth-order valence-corrected chi connectivity index (χ4v) is 5.89. The number of allylic oxidation sites excluding steroid dienone is 1. The molecule has 0 saturated carbocycles. The molecule has 3 heterocycles. The molecule has 4 aromatic carbocycles. The standard InChI is InChI=1S/C38H36N2O6/c1-24-18-27-20-25(2)22-31-35(27)45-37(39-31)29-8-4-6-10-33(29)43-16-14-41-12-13-42-15-17-44-34-11-7-5-9-30(34)38-40-32-23-26(3)21-28(19-24)36(32)46-38/h4-11,20-23H,1,12-19H2,2-3H3. The number of ether oxygens (including phenoxy) is 4. The van der Waals surface area contributed by atoms with Crippen molar-refractivity contribution in [2.24, 2.45) is 0 Å². The lowest BCUT2D eigenvalue weighted by atomic mass is 9.97. The lowest BCUT2D eigenvalue weighted by Crippen LogP contribution is -2.13. The highest BCUT2D eigenvalue weighted by atomic mass is 16.6. The maximum absolute atomic E-state index is 6.44. The van der Waals surface area contributed by atoms with Gasteiger partial charge >= 0.3 is 0 Å². The van der Waals surface area contributed by atoms with E-state index in [1.165, 1.54) is 0 Å². The minimum Gasteiger partial charge on any atom is -0.490 e. The summed E-state index contributed by atoms with van der Waals surface area (Å²) >= 11 is 0. The quantitative estimate of drug-likeness (QED) is 0.158. The van der Waals surface area contributed by atoms with Crippen molar-refractivity contribution in [2.45, 2.75) is 26.7 Å². The largest absolute Gasteiger partial charge is 0.490 e. The molecule has 1 aliphatic heterocycles. The van der Waals surface area contributed by atoms with E-state index >= 15 is 0 Å². The van der Waals surface area contributed by atoms with Crippen molar-refractivity contribution in [2.75, 3.05) is 39.6 Å². The van der Waals surface area contributed by atoms with E-state index in [-0.39, 0.29) is 0 Å². The van der Waals surface area contributed by atoms with Crippen molar-refractivity contribution < 1.29 is 27.8 Å². The molecule has 0 unspecified atom stereocenters. The van der Waals surface area contributed by atoms with Gasteiger partial charge in [-0.05, 0) is 74.2 Å². The molecule has 0 N–H and O–H groups in total. The fraction of sp³-hybridized carbons (Fsp3) is 0.263. The summed E-state index contributed by atoms with van der Waals surface area (Å²) in [5, 5.41) is 0. The van der Waals surface area contributed by atoms with Crippen molar-refractivity contribution in [1.82, 2.24) is 9.97 Å². The Labute approximate surface area is 267 Å². The van der Waals surface area contributed by atoms with Crippen LogP contribution in [0.2, 0.25) is 0 Å². The predicted octanol–water partition coefficient (Wildman–Crippen LogP) is 8.07. The number of hydrogen-bond donors (Lipinski definition) is 0. The number of para-hydroxylation sites is 2. The Morgan fingerprint density at radius 3 is 1.48 bits per heavy atom. The van der Waals surface area contributed by atoms with E-state index < -0.39 is 0 Å². The Morgan fingerprint density at radius 1 is 0.565 bits per heavy atom. The first-order valence-corrected chi connectivity index (χ1v) is 15.6. The zero-order valence-corrected chi connectivity index (χ0v) is 26.1. The zero-order chi connectivity index (χ0) is 31.5. The second-order valence-corrected chi connectivity index (χ2v) is 11.6. The van der Waals surface area contributed by atoms with Gasteiger partial charge in [0.25, 0.3) is 0 Å². The number of benzene rings is 4. The molecule has 1 aliphatic rings. The lowest BCUT2D eigenvalue weighted by molar-refractivity contribution is 0.0274. The van der Waals surface area contributed by atoms with Gasteiger partial charge in [-0.25, -0.2) is 9.97 Å². The van der Waals surface area contributed by atoms with Gasteiger partial charge < -0.3 is 27.8 Å². The van der Waals surface area contributed by atoms with Gasteiger partial charge in [0, 0.05) is 11.1 Å². The van der Waals surface area contributed by atoms with E-state index in [9.17, 15) is 0 Å². The highest BCUT2D eigenvalue weighted by Crippen LogP contribution is 2.36. The van der Waals surface area contributed by atoms with Crippen LogP contribution in [0.15, 0.2) is 93.8 Å². The van der Waals surface area contributed by atoms with Gasteiger partial charge in [0.2, 0.25) is 11.8 Å². The normalized spacial score (nSPS) is 15.1. The summed E-state index contributed by atoms with van der Waals surface area (Å²) in [7, 11) is 0. The third-order valence-electron chi connectivity index (χ3n) is 7.88. The first-order chi connectivity index (χ1) is 22.5. The third kappa shape index (κ3) is 6.40. The molecule has 4 bridgehead atoms. The molecule has 8 heteroatoms. The van der Waals surface area contributed by atoms with Crippen LogP contribution in [0.5, 0.6) is 11.5 Å². The predicted molar refractivity (Wildman–Crippen MR) is 178 cm³/mol. The van der Waals surface area contributed by atoms with Crippen molar-refractivity contribution in [3.05, 3.63) is 107 Å². The molecule has 8 nitrogen and oxygen atoms in total. The topological polar surface area (TPSA) is 89.0 Å². The van der Waals surface area contributed by atoms with Crippen molar-refractivity contribution in [3.63, 3.8) is 0 Å². The van der Waals surface area contributed by atoms with E-state index in [2.05, 4.69) is 32.6 Å². The molecular weight excluding hydrogens is 580 g/mol. The summed E-state index contributed by atoms with van der Waals surface area (Å²) in [5.41, 5.74) is 9.98. The summed E-state index contributed by atoms with van der Waals surface area (Å²) < 4.78 is 36.6. The second kappa shape index (κ2) is 13.2.